The minimum Gasteiger partial charge on any atom is -0.322 e. The maximum atomic E-state index is 12.9. The van der Waals surface area contributed by atoms with Gasteiger partial charge in [0.2, 0.25) is 0 Å². The largest absolute Gasteiger partial charge is 0.322 e. The minimum absolute atomic E-state index is 0.0415. The number of aromatic nitrogens is 1. The first-order valence-electron chi connectivity index (χ1n) is 10.1. The van der Waals surface area contributed by atoms with Crippen LogP contribution in [-0.2, 0) is 11.8 Å². The summed E-state index contributed by atoms with van der Waals surface area (Å²) in [5.74, 6) is -0.224. The van der Waals surface area contributed by atoms with Crippen molar-refractivity contribution in [1.29, 1.82) is 0 Å². The van der Waals surface area contributed by atoms with Crippen LogP contribution in [0.4, 0.5) is 11.4 Å². The van der Waals surface area contributed by atoms with Gasteiger partial charge in [-0.05, 0) is 59.4 Å². The number of rotatable bonds is 3. The van der Waals surface area contributed by atoms with Gasteiger partial charge in [0.1, 0.15) is 0 Å². The van der Waals surface area contributed by atoms with Crippen LogP contribution in [0.1, 0.15) is 52.6 Å². The van der Waals surface area contributed by atoms with Gasteiger partial charge in [-0.25, -0.2) is 0 Å². The fourth-order valence-corrected chi connectivity index (χ4v) is 3.64. The van der Waals surface area contributed by atoms with E-state index in [1.54, 1.807) is 29.4 Å². The number of amides is 2. The fraction of sp³-hybridized carbons (Fsp3) is 0.240. The van der Waals surface area contributed by atoms with E-state index in [1.807, 2.05) is 42.5 Å². The van der Waals surface area contributed by atoms with Gasteiger partial charge >= 0.3 is 0 Å². The van der Waals surface area contributed by atoms with Gasteiger partial charge in [-0.1, -0.05) is 39.0 Å². The molecule has 2 amide bonds. The lowest BCUT2D eigenvalue weighted by atomic mass is 9.87. The first-order valence-corrected chi connectivity index (χ1v) is 10.1. The standard InChI is InChI=1S/C25H25N3O2/c1-25(2,3)20-7-4-18(5-8-20)23(29)27-21-9-6-17-12-15-28(22(17)16-21)24(30)19-10-13-26-14-11-19/h4-11,13-14,16H,12,15H2,1-3H3,(H,27,29). The molecule has 1 aromatic heterocycles. The lowest BCUT2D eigenvalue weighted by molar-refractivity contribution is 0.0988. The minimum atomic E-state index is -0.166. The number of carbonyl (C=O) groups is 2. The summed E-state index contributed by atoms with van der Waals surface area (Å²) in [6, 6.07) is 16.9. The van der Waals surface area contributed by atoms with Crippen LogP contribution in [0.5, 0.6) is 0 Å². The molecule has 2 aromatic carbocycles. The Morgan fingerprint density at radius 3 is 2.30 bits per heavy atom. The van der Waals surface area contributed by atoms with E-state index in [0.29, 0.717) is 23.4 Å². The van der Waals surface area contributed by atoms with Crippen molar-refractivity contribution in [2.45, 2.75) is 32.6 Å². The van der Waals surface area contributed by atoms with Crippen LogP contribution in [0.3, 0.4) is 0 Å². The van der Waals surface area contributed by atoms with Crippen molar-refractivity contribution >= 4 is 23.2 Å². The van der Waals surface area contributed by atoms with Crippen LogP contribution >= 0.6 is 0 Å². The molecule has 2 heterocycles. The predicted molar refractivity (Wildman–Crippen MR) is 119 cm³/mol. The summed E-state index contributed by atoms with van der Waals surface area (Å²) in [6.45, 7) is 7.06. The number of pyridine rings is 1. The van der Waals surface area contributed by atoms with E-state index >= 15 is 0 Å². The van der Waals surface area contributed by atoms with E-state index in [9.17, 15) is 9.59 Å². The Morgan fingerprint density at radius 2 is 1.63 bits per heavy atom. The SMILES string of the molecule is CC(C)(C)c1ccc(C(=O)Nc2ccc3c(c2)N(C(=O)c2ccncc2)CC3)cc1. The van der Waals surface area contributed by atoms with Gasteiger partial charge in [0.25, 0.3) is 11.8 Å². The number of anilines is 2. The second kappa shape index (κ2) is 7.75. The third-order valence-corrected chi connectivity index (χ3v) is 5.42. The molecule has 0 spiro atoms. The third-order valence-electron chi connectivity index (χ3n) is 5.42. The van der Waals surface area contributed by atoms with Crippen molar-refractivity contribution < 1.29 is 9.59 Å². The average Bonchev–Trinajstić information content (AvgIpc) is 3.16. The molecule has 0 saturated carbocycles. The van der Waals surface area contributed by atoms with Gasteiger partial charge in [-0.15, -0.1) is 0 Å². The maximum Gasteiger partial charge on any atom is 0.258 e. The van der Waals surface area contributed by atoms with Gasteiger partial charge in [0, 0.05) is 41.4 Å². The van der Waals surface area contributed by atoms with Crippen LogP contribution in [0.2, 0.25) is 0 Å². The molecular formula is C25H25N3O2. The van der Waals surface area contributed by atoms with E-state index in [2.05, 4.69) is 31.1 Å². The van der Waals surface area contributed by atoms with E-state index in [0.717, 1.165) is 17.7 Å². The molecule has 5 nitrogen and oxygen atoms in total. The van der Waals surface area contributed by atoms with Crippen LogP contribution in [0.25, 0.3) is 0 Å². The predicted octanol–water partition coefficient (Wildman–Crippen LogP) is 4.83. The summed E-state index contributed by atoms with van der Waals surface area (Å²) in [5.41, 5.74) is 5.05. The van der Waals surface area contributed by atoms with Crippen molar-refractivity contribution in [2.75, 3.05) is 16.8 Å². The molecule has 152 valence electrons. The molecule has 1 aliphatic rings. The number of nitrogens with zero attached hydrogens (tertiary/aromatic N) is 2. The van der Waals surface area contributed by atoms with Crippen molar-refractivity contribution in [3.8, 4) is 0 Å². The Balaban J connectivity index is 1.53. The van der Waals surface area contributed by atoms with Crippen molar-refractivity contribution in [3.05, 3.63) is 89.2 Å². The van der Waals surface area contributed by atoms with Crippen molar-refractivity contribution in [3.63, 3.8) is 0 Å². The summed E-state index contributed by atoms with van der Waals surface area (Å²) in [5, 5.41) is 2.96. The summed E-state index contributed by atoms with van der Waals surface area (Å²) >= 11 is 0. The van der Waals surface area contributed by atoms with Crippen molar-refractivity contribution in [1.82, 2.24) is 4.98 Å². The molecule has 0 bridgehead atoms. The molecule has 0 unspecified atom stereocenters. The molecule has 3 aromatic rings. The highest BCUT2D eigenvalue weighted by molar-refractivity contribution is 6.08. The molecule has 0 saturated heterocycles. The van der Waals surface area contributed by atoms with E-state index < -0.39 is 0 Å². The highest BCUT2D eigenvalue weighted by atomic mass is 16.2. The van der Waals surface area contributed by atoms with Gasteiger partial charge in [-0.3, -0.25) is 14.6 Å². The Morgan fingerprint density at radius 1 is 0.933 bits per heavy atom. The number of fused-ring (bicyclic) bond motifs is 1. The van der Waals surface area contributed by atoms with Crippen LogP contribution in [-0.4, -0.2) is 23.3 Å². The summed E-state index contributed by atoms with van der Waals surface area (Å²) in [6.07, 6.45) is 4.03. The third kappa shape index (κ3) is 3.96. The lowest BCUT2D eigenvalue weighted by Crippen LogP contribution is -2.28. The Hall–Kier alpha value is -3.47. The smallest absolute Gasteiger partial charge is 0.258 e. The molecule has 4 rings (SSSR count). The molecule has 1 aliphatic heterocycles. The Labute approximate surface area is 176 Å². The summed E-state index contributed by atoms with van der Waals surface area (Å²) < 4.78 is 0. The second-order valence-corrected chi connectivity index (χ2v) is 8.57. The zero-order valence-corrected chi connectivity index (χ0v) is 17.5. The van der Waals surface area contributed by atoms with Crippen molar-refractivity contribution in [2.24, 2.45) is 0 Å². The number of carbonyl (C=O) groups excluding carboxylic acids is 2. The van der Waals surface area contributed by atoms with E-state index in [4.69, 9.17) is 0 Å². The summed E-state index contributed by atoms with van der Waals surface area (Å²) in [4.78, 5) is 31.3. The molecule has 0 radical (unpaired) electrons. The molecule has 5 heteroatoms. The Kier molecular flexibility index (Phi) is 5.12. The summed E-state index contributed by atoms with van der Waals surface area (Å²) in [7, 11) is 0. The molecule has 1 N–H and O–H groups in total. The molecular weight excluding hydrogens is 374 g/mol. The number of hydrogen-bond acceptors (Lipinski definition) is 3. The zero-order valence-electron chi connectivity index (χ0n) is 17.5. The second-order valence-electron chi connectivity index (χ2n) is 8.57. The quantitative estimate of drug-likeness (QED) is 0.686. The van der Waals surface area contributed by atoms with Crippen LogP contribution in [0, 0.1) is 0 Å². The number of nitrogens with one attached hydrogen (secondary N) is 1. The number of hydrogen-bond donors (Lipinski definition) is 1. The molecule has 30 heavy (non-hydrogen) atoms. The number of benzene rings is 2. The molecule has 0 fully saturated rings. The van der Waals surface area contributed by atoms with Gasteiger partial charge in [0.15, 0.2) is 0 Å². The molecule has 0 aliphatic carbocycles. The first kappa shape index (κ1) is 19.8. The average molecular weight is 399 g/mol. The Bertz CT molecular complexity index is 1080. The topological polar surface area (TPSA) is 62.3 Å². The highest BCUT2D eigenvalue weighted by Gasteiger charge is 2.26. The van der Waals surface area contributed by atoms with E-state index in [1.165, 1.54) is 5.56 Å². The lowest BCUT2D eigenvalue weighted by Gasteiger charge is -2.19. The van der Waals surface area contributed by atoms with Gasteiger partial charge in [0.05, 0.1) is 0 Å². The fourth-order valence-electron chi connectivity index (χ4n) is 3.64. The maximum absolute atomic E-state index is 12.9. The zero-order chi connectivity index (χ0) is 21.3. The van der Waals surface area contributed by atoms with Crippen LogP contribution < -0.4 is 10.2 Å². The van der Waals surface area contributed by atoms with Crippen LogP contribution in [0.15, 0.2) is 67.0 Å². The first-order chi connectivity index (χ1) is 14.3. The van der Waals surface area contributed by atoms with E-state index in [-0.39, 0.29) is 17.2 Å². The van der Waals surface area contributed by atoms with Gasteiger partial charge in [-0.2, -0.15) is 0 Å². The van der Waals surface area contributed by atoms with Gasteiger partial charge < -0.3 is 10.2 Å². The molecule has 0 atom stereocenters. The monoisotopic (exact) mass is 399 g/mol. The normalized spacial score (nSPS) is 13.1. The highest BCUT2D eigenvalue weighted by Crippen LogP contribution is 2.32.